The van der Waals surface area contributed by atoms with E-state index in [0.717, 1.165) is 0 Å². The largest absolute Gasteiger partial charge is 0.399 e. The summed E-state index contributed by atoms with van der Waals surface area (Å²) < 4.78 is 0. The van der Waals surface area contributed by atoms with Crippen molar-refractivity contribution in [2.75, 3.05) is 11.1 Å². The van der Waals surface area contributed by atoms with E-state index in [-0.39, 0.29) is 5.92 Å². The normalized spacial score (nSPS) is 12.5. The lowest BCUT2D eigenvalue weighted by Gasteiger charge is -2.19. The number of carbonyl (C=O) groups excluding carboxylic acids is 1. The first-order chi connectivity index (χ1) is 7.00. The summed E-state index contributed by atoms with van der Waals surface area (Å²) in [5, 5.41) is 2.95. The minimum absolute atomic E-state index is 0.103. The Morgan fingerprint density at radius 2 is 2.20 bits per heavy atom. The summed E-state index contributed by atoms with van der Waals surface area (Å²) in [6.45, 7) is 3.82. The van der Waals surface area contributed by atoms with Crippen LogP contribution < -0.4 is 16.8 Å². The molecule has 1 amide bonds. The number of aromatic nitrogens is 1. The number of nitrogens with two attached hydrogens (primary N) is 2. The van der Waals surface area contributed by atoms with Gasteiger partial charge in [-0.25, -0.2) is 4.98 Å². The molecular formula is C10H16N4O. The molecule has 1 unspecified atom stereocenters. The monoisotopic (exact) mass is 208 g/mol. The lowest BCUT2D eigenvalue weighted by atomic mass is 10.0. The second-order valence-corrected chi connectivity index (χ2v) is 3.74. The Morgan fingerprint density at radius 3 is 2.67 bits per heavy atom. The molecule has 5 heteroatoms. The van der Waals surface area contributed by atoms with Gasteiger partial charge in [-0.2, -0.15) is 0 Å². The Balaban J connectivity index is 2.79. The molecule has 0 saturated carbocycles. The molecule has 1 atom stereocenters. The van der Waals surface area contributed by atoms with E-state index in [1.807, 2.05) is 13.8 Å². The van der Waals surface area contributed by atoms with E-state index in [0.29, 0.717) is 11.5 Å². The molecule has 0 fully saturated rings. The highest BCUT2D eigenvalue weighted by Gasteiger charge is 2.19. The summed E-state index contributed by atoms with van der Waals surface area (Å²) in [6, 6.07) is 2.91. The predicted octanol–water partition coefficient (Wildman–Crippen LogP) is 0.586. The zero-order valence-corrected chi connectivity index (χ0v) is 8.90. The second kappa shape index (κ2) is 4.63. The fraction of sp³-hybridized carbons (Fsp3) is 0.400. The molecule has 0 aliphatic heterocycles. The molecule has 1 aromatic rings. The molecule has 5 N–H and O–H groups in total. The lowest BCUT2D eigenvalue weighted by molar-refractivity contribution is -0.119. The van der Waals surface area contributed by atoms with Crippen molar-refractivity contribution in [2.24, 2.45) is 11.7 Å². The number of hydrogen-bond acceptors (Lipinski definition) is 4. The standard InChI is InChI=1S/C10H16N4O/c1-6(2)9(10(12)15)14-8-5-7(11)3-4-13-8/h3-6,9H,1-2H3,(H2,12,15)(H3,11,13,14). The van der Waals surface area contributed by atoms with Crippen molar-refractivity contribution >= 4 is 17.4 Å². The lowest BCUT2D eigenvalue weighted by Crippen LogP contribution is -2.39. The van der Waals surface area contributed by atoms with E-state index in [1.165, 1.54) is 0 Å². The number of nitrogens with one attached hydrogen (secondary N) is 1. The quantitative estimate of drug-likeness (QED) is 0.674. The van der Waals surface area contributed by atoms with Crippen LogP contribution in [0.1, 0.15) is 13.8 Å². The zero-order chi connectivity index (χ0) is 11.4. The number of amides is 1. The minimum atomic E-state index is -0.431. The number of carbonyl (C=O) groups is 1. The molecule has 82 valence electrons. The summed E-state index contributed by atoms with van der Waals surface area (Å²) >= 11 is 0. The van der Waals surface area contributed by atoms with Crippen LogP contribution >= 0.6 is 0 Å². The van der Waals surface area contributed by atoms with Crippen molar-refractivity contribution < 1.29 is 4.79 Å². The van der Waals surface area contributed by atoms with Crippen molar-refractivity contribution in [3.63, 3.8) is 0 Å². The third-order valence-electron chi connectivity index (χ3n) is 2.06. The molecule has 0 radical (unpaired) electrons. The van der Waals surface area contributed by atoms with Crippen LogP contribution in [-0.2, 0) is 4.79 Å². The van der Waals surface area contributed by atoms with Crippen LogP contribution in [0.3, 0.4) is 0 Å². The molecule has 1 aromatic heterocycles. The summed E-state index contributed by atoms with van der Waals surface area (Å²) in [5.41, 5.74) is 11.5. The van der Waals surface area contributed by atoms with E-state index < -0.39 is 11.9 Å². The van der Waals surface area contributed by atoms with Crippen molar-refractivity contribution in [1.29, 1.82) is 0 Å². The highest BCUT2D eigenvalue weighted by atomic mass is 16.1. The number of pyridine rings is 1. The molecule has 1 rings (SSSR count). The van der Waals surface area contributed by atoms with Crippen LogP contribution in [0.25, 0.3) is 0 Å². The number of nitrogens with zero attached hydrogens (tertiary/aromatic N) is 1. The van der Waals surface area contributed by atoms with Crippen LogP contribution in [0.2, 0.25) is 0 Å². The van der Waals surface area contributed by atoms with Gasteiger partial charge in [0.05, 0.1) is 0 Å². The van der Waals surface area contributed by atoms with E-state index in [9.17, 15) is 4.79 Å². The maximum Gasteiger partial charge on any atom is 0.240 e. The topological polar surface area (TPSA) is 94.0 Å². The number of hydrogen-bond donors (Lipinski definition) is 3. The van der Waals surface area contributed by atoms with Crippen LogP contribution in [0.15, 0.2) is 18.3 Å². The van der Waals surface area contributed by atoms with Crippen LogP contribution in [0.4, 0.5) is 11.5 Å². The number of rotatable bonds is 4. The van der Waals surface area contributed by atoms with E-state index >= 15 is 0 Å². The van der Waals surface area contributed by atoms with Gasteiger partial charge in [0.1, 0.15) is 11.9 Å². The molecule has 0 aromatic carbocycles. The molecule has 0 aliphatic carbocycles. The first-order valence-electron chi connectivity index (χ1n) is 4.78. The SMILES string of the molecule is CC(C)C(Nc1cc(N)ccn1)C(N)=O. The van der Waals surface area contributed by atoms with Gasteiger partial charge >= 0.3 is 0 Å². The molecule has 5 nitrogen and oxygen atoms in total. The summed E-state index contributed by atoms with van der Waals surface area (Å²) in [6.07, 6.45) is 1.58. The van der Waals surface area contributed by atoms with Gasteiger partial charge in [0.15, 0.2) is 0 Å². The van der Waals surface area contributed by atoms with Crippen molar-refractivity contribution in [3.05, 3.63) is 18.3 Å². The van der Waals surface area contributed by atoms with Crippen molar-refractivity contribution in [3.8, 4) is 0 Å². The zero-order valence-electron chi connectivity index (χ0n) is 8.90. The Kier molecular flexibility index (Phi) is 3.49. The molecule has 1 heterocycles. The number of primary amides is 1. The number of anilines is 2. The third-order valence-corrected chi connectivity index (χ3v) is 2.06. The maximum absolute atomic E-state index is 11.1. The summed E-state index contributed by atoms with van der Waals surface area (Å²) in [4.78, 5) is 15.2. The molecule has 0 bridgehead atoms. The minimum Gasteiger partial charge on any atom is -0.399 e. The van der Waals surface area contributed by atoms with Crippen LogP contribution in [-0.4, -0.2) is 16.9 Å². The maximum atomic E-state index is 11.1. The van der Waals surface area contributed by atoms with E-state index in [2.05, 4.69) is 10.3 Å². The Hall–Kier alpha value is -1.78. The molecule has 0 spiro atoms. The van der Waals surface area contributed by atoms with Gasteiger partial charge in [-0.05, 0) is 12.0 Å². The average Bonchev–Trinajstić information content (AvgIpc) is 2.13. The van der Waals surface area contributed by atoms with Gasteiger partial charge in [0.2, 0.25) is 5.91 Å². The summed E-state index contributed by atoms with van der Waals surface area (Å²) in [7, 11) is 0. The van der Waals surface area contributed by atoms with Gasteiger partial charge in [-0.1, -0.05) is 13.8 Å². The highest BCUT2D eigenvalue weighted by Crippen LogP contribution is 2.12. The molecule has 15 heavy (non-hydrogen) atoms. The second-order valence-electron chi connectivity index (χ2n) is 3.74. The first kappa shape index (κ1) is 11.3. The van der Waals surface area contributed by atoms with Crippen LogP contribution in [0, 0.1) is 5.92 Å². The highest BCUT2D eigenvalue weighted by molar-refractivity contribution is 5.83. The molecule has 0 saturated heterocycles. The number of nitrogen functional groups attached to an aromatic ring is 1. The Morgan fingerprint density at radius 1 is 1.53 bits per heavy atom. The average molecular weight is 208 g/mol. The van der Waals surface area contributed by atoms with Crippen molar-refractivity contribution in [2.45, 2.75) is 19.9 Å². The van der Waals surface area contributed by atoms with Gasteiger partial charge in [-0.3, -0.25) is 4.79 Å². The van der Waals surface area contributed by atoms with Crippen LogP contribution in [0.5, 0.6) is 0 Å². The fourth-order valence-corrected chi connectivity index (χ4v) is 1.25. The molecule has 0 aliphatic rings. The van der Waals surface area contributed by atoms with Gasteiger partial charge < -0.3 is 16.8 Å². The van der Waals surface area contributed by atoms with Crippen molar-refractivity contribution in [1.82, 2.24) is 4.98 Å². The first-order valence-corrected chi connectivity index (χ1v) is 4.78. The predicted molar refractivity (Wildman–Crippen MR) is 60.1 cm³/mol. The van der Waals surface area contributed by atoms with Gasteiger partial charge in [0.25, 0.3) is 0 Å². The Bertz CT molecular complexity index is 351. The van der Waals surface area contributed by atoms with E-state index in [4.69, 9.17) is 11.5 Å². The molecular weight excluding hydrogens is 192 g/mol. The summed E-state index contributed by atoms with van der Waals surface area (Å²) in [5.74, 6) is 0.271. The Labute approximate surface area is 88.9 Å². The third kappa shape index (κ3) is 3.12. The van der Waals surface area contributed by atoms with Gasteiger partial charge in [-0.15, -0.1) is 0 Å². The fourth-order valence-electron chi connectivity index (χ4n) is 1.25. The smallest absolute Gasteiger partial charge is 0.240 e. The van der Waals surface area contributed by atoms with E-state index in [1.54, 1.807) is 18.3 Å². The van der Waals surface area contributed by atoms with Gasteiger partial charge in [0, 0.05) is 18.0 Å².